The van der Waals surface area contributed by atoms with Gasteiger partial charge in [0.15, 0.2) is 0 Å². The first-order valence-electron chi connectivity index (χ1n) is 11.9. The van der Waals surface area contributed by atoms with Crippen LogP contribution in [0.15, 0.2) is 53.0 Å². The number of rotatable bonds is 7. The molecular formula is C25H29BrN6O2. The second-order valence-corrected chi connectivity index (χ2v) is 9.77. The molecule has 34 heavy (non-hydrogen) atoms. The van der Waals surface area contributed by atoms with E-state index in [1.165, 1.54) is 11.3 Å². The van der Waals surface area contributed by atoms with E-state index in [4.69, 9.17) is 5.10 Å². The summed E-state index contributed by atoms with van der Waals surface area (Å²) < 4.78 is 3.29. The van der Waals surface area contributed by atoms with Gasteiger partial charge in [0.25, 0.3) is 5.69 Å². The SMILES string of the molecule is O=[N+]([O-])c1ccccc1N1CCN(CCCn2nc(-c3ccc(Br)cc3)c3c2CCNC3)CC1. The van der Waals surface area contributed by atoms with Gasteiger partial charge in [-0.05, 0) is 24.6 Å². The van der Waals surface area contributed by atoms with E-state index in [1.807, 2.05) is 12.1 Å². The maximum absolute atomic E-state index is 11.4. The molecule has 8 nitrogen and oxygen atoms in total. The molecule has 0 bridgehead atoms. The van der Waals surface area contributed by atoms with E-state index >= 15 is 0 Å². The number of aromatic nitrogens is 2. The first-order valence-corrected chi connectivity index (χ1v) is 12.7. The molecule has 0 aliphatic carbocycles. The molecule has 0 radical (unpaired) electrons. The van der Waals surface area contributed by atoms with Gasteiger partial charge in [0.1, 0.15) is 5.69 Å². The number of fused-ring (bicyclic) bond motifs is 1. The third-order valence-corrected chi connectivity index (χ3v) is 7.29. The molecule has 9 heteroatoms. The minimum atomic E-state index is -0.287. The lowest BCUT2D eigenvalue weighted by Crippen LogP contribution is -2.47. The standard InChI is InChI=1S/C25H29BrN6O2/c26-20-8-6-19(7-9-20)25-21-18-27-11-10-22(21)31(28-25)13-3-12-29-14-16-30(17-15-29)23-4-1-2-5-24(23)32(33)34/h1-2,4-9,27H,3,10-18H2. The monoisotopic (exact) mass is 524 g/mol. The van der Waals surface area contributed by atoms with Crippen LogP contribution in [0.1, 0.15) is 17.7 Å². The molecule has 178 valence electrons. The minimum Gasteiger partial charge on any atom is -0.363 e. The van der Waals surface area contributed by atoms with Crippen molar-refractivity contribution >= 4 is 27.3 Å². The lowest BCUT2D eigenvalue weighted by Gasteiger charge is -2.35. The number of nitrogens with zero attached hydrogens (tertiary/aromatic N) is 5. The van der Waals surface area contributed by atoms with Gasteiger partial charge < -0.3 is 10.2 Å². The maximum Gasteiger partial charge on any atom is 0.292 e. The van der Waals surface area contributed by atoms with E-state index in [2.05, 4.69) is 60.0 Å². The fraction of sp³-hybridized carbons (Fsp3) is 0.400. The van der Waals surface area contributed by atoms with Gasteiger partial charge in [-0.25, -0.2) is 0 Å². The number of nitro benzene ring substituents is 1. The van der Waals surface area contributed by atoms with Crippen molar-refractivity contribution < 1.29 is 4.92 Å². The lowest BCUT2D eigenvalue weighted by atomic mass is 10.0. The Hall–Kier alpha value is -2.75. The molecule has 2 aromatic carbocycles. The molecule has 0 amide bonds. The number of hydrogen-bond donors (Lipinski definition) is 1. The summed E-state index contributed by atoms with van der Waals surface area (Å²) in [7, 11) is 0. The van der Waals surface area contributed by atoms with Crippen LogP contribution < -0.4 is 10.2 Å². The first kappa shape index (κ1) is 23.0. The second kappa shape index (κ2) is 10.2. The van der Waals surface area contributed by atoms with E-state index in [1.54, 1.807) is 12.1 Å². The highest BCUT2D eigenvalue weighted by Crippen LogP contribution is 2.30. The van der Waals surface area contributed by atoms with Crippen LogP contribution in [0.5, 0.6) is 0 Å². The van der Waals surface area contributed by atoms with Crippen molar-refractivity contribution in [3.63, 3.8) is 0 Å². The zero-order valence-electron chi connectivity index (χ0n) is 19.1. The topological polar surface area (TPSA) is 79.5 Å². The van der Waals surface area contributed by atoms with Crippen molar-refractivity contribution in [2.24, 2.45) is 0 Å². The van der Waals surface area contributed by atoms with Crippen molar-refractivity contribution in [3.05, 3.63) is 74.4 Å². The molecule has 0 unspecified atom stereocenters. The van der Waals surface area contributed by atoms with Crippen LogP contribution in [0, 0.1) is 10.1 Å². The first-order chi connectivity index (χ1) is 16.6. The average Bonchev–Trinajstić information content (AvgIpc) is 3.24. The second-order valence-electron chi connectivity index (χ2n) is 8.86. The van der Waals surface area contributed by atoms with E-state index in [0.717, 1.165) is 86.6 Å². The van der Waals surface area contributed by atoms with Crippen LogP contribution in [-0.2, 0) is 19.5 Å². The van der Waals surface area contributed by atoms with Gasteiger partial charge in [-0.3, -0.25) is 19.7 Å². The van der Waals surface area contributed by atoms with Crippen molar-refractivity contribution in [2.75, 3.05) is 44.2 Å². The van der Waals surface area contributed by atoms with Gasteiger partial charge in [0, 0.05) is 86.1 Å². The quantitative estimate of drug-likeness (QED) is 0.370. The van der Waals surface area contributed by atoms with E-state index < -0.39 is 0 Å². The smallest absolute Gasteiger partial charge is 0.292 e. The number of nitrogens with one attached hydrogen (secondary N) is 1. The van der Waals surface area contributed by atoms with Crippen molar-refractivity contribution in [3.8, 4) is 11.3 Å². The van der Waals surface area contributed by atoms with Crippen LogP contribution in [-0.4, -0.2) is 58.9 Å². The lowest BCUT2D eigenvalue weighted by molar-refractivity contribution is -0.384. The number of halogens is 1. The summed E-state index contributed by atoms with van der Waals surface area (Å²) in [5, 5.41) is 19.9. The molecule has 3 heterocycles. The molecule has 2 aliphatic heterocycles. The third kappa shape index (κ3) is 4.87. The highest BCUT2D eigenvalue weighted by Gasteiger charge is 2.24. The summed E-state index contributed by atoms with van der Waals surface area (Å²) >= 11 is 3.52. The van der Waals surface area contributed by atoms with Crippen molar-refractivity contribution in [2.45, 2.75) is 25.9 Å². The summed E-state index contributed by atoms with van der Waals surface area (Å²) in [4.78, 5) is 15.7. The molecule has 1 fully saturated rings. The Bertz CT molecular complexity index is 1150. The van der Waals surface area contributed by atoms with Crippen LogP contribution in [0.4, 0.5) is 11.4 Å². The van der Waals surface area contributed by atoms with Crippen LogP contribution in [0.2, 0.25) is 0 Å². The van der Waals surface area contributed by atoms with Gasteiger partial charge in [-0.2, -0.15) is 5.10 Å². The zero-order chi connectivity index (χ0) is 23.5. The molecular weight excluding hydrogens is 496 g/mol. The Morgan fingerprint density at radius 2 is 1.79 bits per heavy atom. The predicted molar refractivity (Wildman–Crippen MR) is 137 cm³/mol. The number of hydrogen-bond acceptors (Lipinski definition) is 6. The third-order valence-electron chi connectivity index (χ3n) is 6.76. The van der Waals surface area contributed by atoms with Gasteiger partial charge in [-0.15, -0.1) is 0 Å². The molecule has 3 aromatic rings. The summed E-state index contributed by atoms with van der Waals surface area (Å²) in [6.45, 7) is 7.21. The Kier molecular flexibility index (Phi) is 6.94. The summed E-state index contributed by atoms with van der Waals surface area (Å²) in [5.41, 5.74) is 5.85. The van der Waals surface area contributed by atoms with Crippen LogP contribution in [0.25, 0.3) is 11.3 Å². The molecule has 1 aromatic heterocycles. The zero-order valence-corrected chi connectivity index (χ0v) is 20.7. The summed E-state index contributed by atoms with van der Waals surface area (Å²) in [5.74, 6) is 0. The van der Waals surface area contributed by atoms with Gasteiger partial charge in [0.2, 0.25) is 0 Å². The molecule has 0 spiro atoms. The fourth-order valence-electron chi connectivity index (χ4n) is 4.99. The number of para-hydroxylation sites is 2. The minimum absolute atomic E-state index is 0.190. The van der Waals surface area contributed by atoms with Gasteiger partial charge >= 0.3 is 0 Å². The van der Waals surface area contributed by atoms with Crippen molar-refractivity contribution in [1.29, 1.82) is 0 Å². The van der Waals surface area contributed by atoms with E-state index in [9.17, 15) is 10.1 Å². The van der Waals surface area contributed by atoms with Crippen molar-refractivity contribution in [1.82, 2.24) is 20.0 Å². The Labute approximate surface area is 207 Å². The Morgan fingerprint density at radius 1 is 1.03 bits per heavy atom. The van der Waals surface area contributed by atoms with Crippen LogP contribution >= 0.6 is 15.9 Å². The molecule has 5 rings (SSSR count). The molecule has 0 saturated carbocycles. The number of benzene rings is 2. The summed E-state index contributed by atoms with van der Waals surface area (Å²) in [6.07, 6.45) is 2.04. The number of nitro groups is 1. The normalized spacial score (nSPS) is 16.4. The number of aryl methyl sites for hydroxylation is 1. The molecule has 1 N–H and O–H groups in total. The van der Waals surface area contributed by atoms with E-state index in [0.29, 0.717) is 0 Å². The van der Waals surface area contributed by atoms with Gasteiger partial charge in [-0.1, -0.05) is 40.2 Å². The number of anilines is 1. The highest BCUT2D eigenvalue weighted by atomic mass is 79.9. The fourth-order valence-corrected chi connectivity index (χ4v) is 5.25. The van der Waals surface area contributed by atoms with Gasteiger partial charge in [0.05, 0.1) is 10.6 Å². The molecule has 1 saturated heterocycles. The molecule has 2 aliphatic rings. The Balaban J connectivity index is 1.19. The highest BCUT2D eigenvalue weighted by molar-refractivity contribution is 9.10. The van der Waals surface area contributed by atoms with Crippen LogP contribution in [0.3, 0.4) is 0 Å². The van der Waals surface area contributed by atoms with E-state index in [-0.39, 0.29) is 10.6 Å². The average molecular weight is 525 g/mol. The Morgan fingerprint density at radius 3 is 2.56 bits per heavy atom. The predicted octanol–water partition coefficient (Wildman–Crippen LogP) is 4.08. The maximum atomic E-state index is 11.4. The summed E-state index contributed by atoms with van der Waals surface area (Å²) in [6, 6.07) is 15.4. The number of piperazine rings is 1. The molecule has 0 atom stereocenters. The largest absolute Gasteiger partial charge is 0.363 e.